The number of hydrogen-bond donors (Lipinski definition) is 3. The fraction of sp³-hybridized carbons (Fsp3) is 0.500. The van der Waals surface area contributed by atoms with Gasteiger partial charge in [0.05, 0.1) is 5.71 Å². The molecule has 0 aliphatic carbocycles. The highest BCUT2D eigenvalue weighted by Crippen LogP contribution is 2.23. The van der Waals surface area contributed by atoms with Crippen LogP contribution in [0, 0.1) is 5.92 Å². The van der Waals surface area contributed by atoms with Gasteiger partial charge in [-0.1, -0.05) is 26.0 Å². The zero-order chi connectivity index (χ0) is 16.1. The largest absolute Gasteiger partial charge is 0.472 e. The van der Waals surface area contributed by atoms with E-state index in [0.717, 1.165) is 11.3 Å². The lowest BCUT2D eigenvalue weighted by molar-refractivity contribution is -0.121. The zero-order valence-corrected chi connectivity index (χ0v) is 13.0. The Balaban J connectivity index is 2.13. The van der Waals surface area contributed by atoms with Gasteiger partial charge in [-0.3, -0.25) is 10.5 Å². The van der Waals surface area contributed by atoms with Gasteiger partial charge in [-0.15, -0.1) is 0 Å². The van der Waals surface area contributed by atoms with Crippen molar-refractivity contribution in [2.24, 2.45) is 16.8 Å². The van der Waals surface area contributed by atoms with Crippen molar-refractivity contribution in [2.75, 3.05) is 0 Å². The summed E-state index contributed by atoms with van der Waals surface area (Å²) < 4.78 is 5.72. The maximum Gasteiger partial charge on any atom is 0.240 e. The highest BCUT2D eigenvalue weighted by atomic mass is 16.5. The number of amides is 1. The Hall–Kier alpha value is -1.92. The van der Waals surface area contributed by atoms with Gasteiger partial charge in [0.1, 0.15) is 11.9 Å². The van der Waals surface area contributed by atoms with E-state index in [1.54, 1.807) is 6.07 Å². The molecule has 2 unspecified atom stereocenters. The van der Waals surface area contributed by atoms with Gasteiger partial charge in [-0.2, -0.15) is 5.10 Å². The molecule has 4 N–H and O–H groups in total. The summed E-state index contributed by atoms with van der Waals surface area (Å²) in [4.78, 5) is 11.2. The molecule has 120 valence electrons. The van der Waals surface area contributed by atoms with Gasteiger partial charge in [0.2, 0.25) is 5.91 Å². The molecule has 1 aliphatic rings. The van der Waals surface area contributed by atoms with Gasteiger partial charge in [-0.25, -0.2) is 5.43 Å². The van der Waals surface area contributed by atoms with Crippen LogP contribution in [0.3, 0.4) is 0 Å². The number of para-hydroxylation sites is 1. The summed E-state index contributed by atoms with van der Waals surface area (Å²) in [6.07, 6.45) is -0.0192. The molecule has 1 heterocycles. The van der Waals surface area contributed by atoms with E-state index in [2.05, 4.69) is 10.5 Å². The third kappa shape index (κ3) is 4.29. The van der Waals surface area contributed by atoms with Crippen molar-refractivity contribution in [1.29, 1.82) is 0 Å². The van der Waals surface area contributed by atoms with Crippen LogP contribution >= 0.6 is 0 Å². The molecule has 0 saturated heterocycles. The second-order valence-electron chi connectivity index (χ2n) is 5.87. The van der Waals surface area contributed by atoms with Crippen molar-refractivity contribution in [3.63, 3.8) is 0 Å². The molecule has 2 rings (SSSR count). The number of nitrogens with one attached hydrogen (secondary N) is 1. The summed E-state index contributed by atoms with van der Waals surface area (Å²) >= 11 is 0. The summed E-state index contributed by atoms with van der Waals surface area (Å²) in [6, 6.07) is 7.36. The number of aliphatic hydroxyl groups excluding tert-OH is 1. The van der Waals surface area contributed by atoms with Crippen molar-refractivity contribution in [2.45, 2.75) is 45.4 Å². The molecule has 2 atom stereocenters. The maximum absolute atomic E-state index is 11.2. The fourth-order valence-electron chi connectivity index (χ4n) is 2.32. The number of rotatable bonds is 6. The van der Waals surface area contributed by atoms with E-state index >= 15 is 0 Å². The van der Waals surface area contributed by atoms with Crippen LogP contribution in [0.5, 0.6) is 5.75 Å². The molecule has 0 aromatic heterocycles. The lowest BCUT2D eigenvalue weighted by Crippen LogP contribution is -2.41. The molecular formula is C16H23N3O3. The molecule has 6 heteroatoms. The molecule has 0 spiro atoms. The monoisotopic (exact) mass is 305 g/mol. The van der Waals surface area contributed by atoms with Crippen molar-refractivity contribution in [3.05, 3.63) is 29.8 Å². The van der Waals surface area contributed by atoms with Crippen LogP contribution in [0.15, 0.2) is 29.4 Å². The summed E-state index contributed by atoms with van der Waals surface area (Å²) in [7, 11) is 0. The third-order valence-corrected chi connectivity index (χ3v) is 3.46. The van der Waals surface area contributed by atoms with Crippen molar-refractivity contribution >= 4 is 11.6 Å². The lowest BCUT2D eigenvalue weighted by Gasteiger charge is -2.23. The second-order valence-corrected chi connectivity index (χ2v) is 5.87. The summed E-state index contributed by atoms with van der Waals surface area (Å²) in [5.74, 6) is 0.803. The first-order valence-electron chi connectivity index (χ1n) is 7.52. The van der Waals surface area contributed by atoms with Crippen molar-refractivity contribution < 1.29 is 14.6 Å². The minimum Gasteiger partial charge on any atom is -0.472 e. The molecule has 6 nitrogen and oxygen atoms in total. The first kappa shape index (κ1) is 16.5. The normalized spacial score (nSPS) is 17.7. The smallest absolute Gasteiger partial charge is 0.240 e. The number of hydrogen-bond acceptors (Lipinski definition) is 5. The standard InChI is InChI=1S/C16H23N3O3/c1-10(2)9-13(20)16(17)22-14-6-4-3-5-11(14)12-7-8-15(21)19-18-12/h3-6,10,13,16,20H,7-9,17H2,1-2H3,(H,19,21). The highest BCUT2D eigenvalue weighted by molar-refractivity contribution is 6.05. The highest BCUT2D eigenvalue weighted by Gasteiger charge is 2.21. The molecular weight excluding hydrogens is 282 g/mol. The maximum atomic E-state index is 11.2. The van der Waals surface area contributed by atoms with Crippen molar-refractivity contribution in [3.8, 4) is 5.75 Å². The Labute approximate surface area is 130 Å². The van der Waals surface area contributed by atoms with Crippen LogP contribution < -0.4 is 15.9 Å². The fourth-order valence-corrected chi connectivity index (χ4v) is 2.32. The van der Waals surface area contributed by atoms with E-state index < -0.39 is 12.3 Å². The van der Waals surface area contributed by atoms with Gasteiger partial charge in [0.25, 0.3) is 0 Å². The average molecular weight is 305 g/mol. The van der Waals surface area contributed by atoms with Gasteiger partial charge < -0.3 is 9.84 Å². The van der Waals surface area contributed by atoms with Gasteiger partial charge in [0, 0.05) is 18.4 Å². The Bertz CT molecular complexity index is 557. The lowest BCUT2D eigenvalue weighted by atomic mass is 10.0. The molecule has 0 saturated carbocycles. The number of ether oxygens (including phenoxy) is 1. The second kappa shape index (κ2) is 7.38. The molecule has 1 aliphatic heterocycles. The molecule has 22 heavy (non-hydrogen) atoms. The van der Waals surface area contributed by atoms with E-state index in [9.17, 15) is 9.90 Å². The number of carbonyl (C=O) groups excluding carboxylic acids is 1. The van der Waals surface area contributed by atoms with Crippen LogP contribution in [0.2, 0.25) is 0 Å². The SMILES string of the molecule is CC(C)CC(O)C(N)Oc1ccccc1C1=NNC(=O)CC1. The number of nitrogens with zero attached hydrogens (tertiary/aromatic N) is 1. The van der Waals surface area contributed by atoms with E-state index in [4.69, 9.17) is 10.5 Å². The molecule has 0 radical (unpaired) electrons. The molecule has 0 bridgehead atoms. The van der Waals surface area contributed by atoms with E-state index in [1.807, 2.05) is 32.0 Å². The topological polar surface area (TPSA) is 96.9 Å². The number of aliphatic hydroxyl groups is 1. The molecule has 0 fully saturated rings. The quantitative estimate of drug-likeness (QED) is 0.692. The summed E-state index contributed by atoms with van der Waals surface area (Å²) in [5.41, 5.74) is 9.95. The Morgan fingerprint density at radius 2 is 2.09 bits per heavy atom. The van der Waals surface area contributed by atoms with E-state index in [1.165, 1.54) is 0 Å². The van der Waals surface area contributed by atoms with Crippen LogP contribution in [-0.2, 0) is 4.79 Å². The van der Waals surface area contributed by atoms with Gasteiger partial charge in [0.15, 0.2) is 6.23 Å². The van der Waals surface area contributed by atoms with E-state index in [0.29, 0.717) is 30.9 Å². The Morgan fingerprint density at radius 3 is 2.73 bits per heavy atom. The Morgan fingerprint density at radius 1 is 1.36 bits per heavy atom. The third-order valence-electron chi connectivity index (χ3n) is 3.46. The van der Waals surface area contributed by atoms with Gasteiger partial charge >= 0.3 is 0 Å². The number of benzene rings is 1. The minimum absolute atomic E-state index is 0.0915. The van der Waals surface area contributed by atoms with Crippen LogP contribution in [-0.4, -0.2) is 29.1 Å². The molecule has 1 aromatic carbocycles. The predicted molar refractivity (Wildman–Crippen MR) is 84.4 cm³/mol. The number of hydrazone groups is 1. The zero-order valence-electron chi connectivity index (χ0n) is 13.0. The minimum atomic E-state index is -0.803. The molecule has 1 aromatic rings. The van der Waals surface area contributed by atoms with Crippen LogP contribution in [0.4, 0.5) is 0 Å². The van der Waals surface area contributed by atoms with Crippen LogP contribution in [0.1, 0.15) is 38.7 Å². The van der Waals surface area contributed by atoms with E-state index in [-0.39, 0.29) is 5.91 Å². The number of nitrogens with two attached hydrogens (primary N) is 1. The Kier molecular flexibility index (Phi) is 5.51. The average Bonchev–Trinajstić information content (AvgIpc) is 2.48. The first-order valence-corrected chi connectivity index (χ1v) is 7.52. The summed E-state index contributed by atoms with van der Waals surface area (Å²) in [6.45, 7) is 4.03. The summed E-state index contributed by atoms with van der Waals surface area (Å²) in [5, 5.41) is 14.1. The molecule has 1 amide bonds. The predicted octanol–water partition coefficient (Wildman–Crippen LogP) is 1.37. The van der Waals surface area contributed by atoms with Crippen molar-refractivity contribution in [1.82, 2.24) is 5.43 Å². The van der Waals surface area contributed by atoms with Gasteiger partial charge in [-0.05, 0) is 24.5 Å². The number of carbonyl (C=O) groups is 1. The van der Waals surface area contributed by atoms with Crippen LogP contribution in [0.25, 0.3) is 0 Å². The first-order chi connectivity index (χ1) is 10.5.